The van der Waals surface area contributed by atoms with Crippen molar-refractivity contribution in [3.05, 3.63) is 59.7 Å². The monoisotopic (exact) mass is 477 g/mol. The molecule has 3 amide bonds. The molecule has 3 atom stereocenters. The van der Waals surface area contributed by atoms with E-state index in [2.05, 4.69) is 19.2 Å². The number of anilines is 1. The molecular weight excluding hydrogens is 442 g/mol. The molecular formula is C28H35N3O4. The Balaban J connectivity index is 1.28. The fourth-order valence-electron chi connectivity index (χ4n) is 5.03. The molecule has 1 N–H and O–H groups in total. The van der Waals surface area contributed by atoms with Crippen LogP contribution in [0.15, 0.2) is 48.5 Å². The lowest BCUT2D eigenvalue weighted by Crippen LogP contribution is -2.49. The van der Waals surface area contributed by atoms with Crippen LogP contribution in [0.3, 0.4) is 0 Å². The summed E-state index contributed by atoms with van der Waals surface area (Å²) >= 11 is 0. The van der Waals surface area contributed by atoms with Gasteiger partial charge >= 0.3 is 0 Å². The van der Waals surface area contributed by atoms with E-state index < -0.39 is 0 Å². The van der Waals surface area contributed by atoms with Crippen molar-refractivity contribution in [2.45, 2.75) is 65.1 Å². The molecule has 2 saturated heterocycles. The summed E-state index contributed by atoms with van der Waals surface area (Å²) in [6.07, 6.45) is 3.40. The molecule has 0 aromatic heterocycles. The minimum atomic E-state index is -0.380. The summed E-state index contributed by atoms with van der Waals surface area (Å²) < 4.78 is 5.74. The second kappa shape index (κ2) is 10.9. The predicted molar refractivity (Wildman–Crippen MR) is 135 cm³/mol. The molecule has 2 fully saturated rings. The van der Waals surface area contributed by atoms with Gasteiger partial charge in [0.1, 0.15) is 5.75 Å². The molecule has 0 unspecified atom stereocenters. The molecule has 35 heavy (non-hydrogen) atoms. The number of ether oxygens (including phenoxy) is 1. The Morgan fingerprint density at radius 3 is 2.31 bits per heavy atom. The van der Waals surface area contributed by atoms with Crippen LogP contribution in [-0.2, 0) is 20.9 Å². The van der Waals surface area contributed by atoms with Crippen molar-refractivity contribution in [3.63, 3.8) is 0 Å². The molecule has 7 nitrogen and oxygen atoms in total. The lowest BCUT2D eigenvalue weighted by Gasteiger charge is -2.38. The topological polar surface area (TPSA) is 79.0 Å². The summed E-state index contributed by atoms with van der Waals surface area (Å²) in [5.41, 5.74) is 2.93. The van der Waals surface area contributed by atoms with Crippen LogP contribution in [0.4, 0.5) is 5.69 Å². The average Bonchev–Trinajstić information content (AvgIpc) is 3.24. The molecule has 2 aromatic rings. The maximum Gasteiger partial charge on any atom is 0.260 e. The Kier molecular flexibility index (Phi) is 7.73. The Bertz CT molecular complexity index is 1040. The van der Waals surface area contributed by atoms with Gasteiger partial charge in [-0.2, -0.15) is 0 Å². The van der Waals surface area contributed by atoms with Crippen molar-refractivity contribution in [2.75, 3.05) is 18.1 Å². The highest BCUT2D eigenvalue weighted by atomic mass is 16.5. The summed E-state index contributed by atoms with van der Waals surface area (Å²) in [6, 6.07) is 15.6. The van der Waals surface area contributed by atoms with Gasteiger partial charge < -0.3 is 19.9 Å². The van der Waals surface area contributed by atoms with Crippen LogP contribution in [0.2, 0.25) is 0 Å². The van der Waals surface area contributed by atoms with Crippen molar-refractivity contribution >= 4 is 23.4 Å². The number of carbonyl (C=O) groups excluding carboxylic acids is 3. The van der Waals surface area contributed by atoms with Gasteiger partial charge in [0.2, 0.25) is 11.8 Å². The number of hydrogen-bond acceptors (Lipinski definition) is 4. The Labute approximate surface area is 207 Å². The van der Waals surface area contributed by atoms with E-state index in [-0.39, 0.29) is 48.8 Å². The summed E-state index contributed by atoms with van der Waals surface area (Å²) in [4.78, 5) is 41.5. The first-order chi connectivity index (χ1) is 16.8. The second-order valence-electron chi connectivity index (χ2n) is 9.82. The van der Waals surface area contributed by atoms with E-state index >= 15 is 0 Å². The van der Waals surface area contributed by atoms with Gasteiger partial charge in [-0.3, -0.25) is 14.4 Å². The van der Waals surface area contributed by atoms with Crippen LogP contribution in [0, 0.1) is 12.8 Å². The van der Waals surface area contributed by atoms with Crippen molar-refractivity contribution in [3.8, 4) is 5.75 Å². The van der Waals surface area contributed by atoms with Gasteiger partial charge in [0.25, 0.3) is 5.91 Å². The molecule has 4 rings (SSSR count). The van der Waals surface area contributed by atoms with Gasteiger partial charge in [0, 0.05) is 37.3 Å². The normalized spacial score (nSPS) is 22.3. The average molecular weight is 478 g/mol. The zero-order valence-corrected chi connectivity index (χ0v) is 20.8. The van der Waals surface area contributed by atoms with E-state index in [0.717, 1.165) is 30.5 Å². The molecule has 2 aliphatic heterocycles. The molecule has 0 aliphatic carbocycles. The number of amides is 3. The molecule has 2 aliphatic rings. The first kappa shape index (κ1) is 24.8. The minimum absolute atomic E-state index is 0.0000995. The van der Waals surface area contributed by atoms with Crippen molar-refractivity contribution in [1.82, 2.24) is 10.2 Å². The first-order valence-electron chi connectivity index (χ1n) is 12.5. The summed E-state index contributed by atoms with van der Waals surface area (Å²) in [5.74, 6) is 0.0231. The second-order valence-corrected chi connectivity index (χ2v) is 9.82. The van der Waals surface area contributed by atoms with Crippen LogP contribution in [-0.4, -0.2) is 47.9 Å². The number of aryl methyl sites for hydroxylation is 1. The van der Waals surface area contributed by atoms with Gasteiger partial charge in [-0.05, 0) is 69.9 Å². The molecule has 0 bridgehead atoms. The number of nitrogens with one attached hydrogen (secondary N) is 1. The van der Waals surface area contributed by atoms with E-state index in [1.54, 1.807) is 29.2 Å². The molecule has 2 aromatic carbocycles. The molecule has 0 radical (unpaired) electrons. The zero-order chi connectivity index (χ0) is 24.9. The highest BCUT2D eigenvalue weighted by Gasteiger charge is 2.35. The Morgan fingerprint density at radius 1 is 1.00 bits per heavy atom. The SMILES string of the molecule is Cc1ccc(CNC(=O)[C@@H]2CC(=O)N(c3ccc(OCC(=O)N4[C@H](C)CCC[C@@H]4C)cc3)C2)cc1. The van der Waals surface area contributed by atoms with E-state index in [1.165, 1.54) is 5.56 Å². The maximum atomic E-state index is 12.7. The number of piperidine rings is 1. The Hall–Kier alpha value is -3.35. The zero-order valence-electron chi connectivity index (χ0n) is 20.8. The van der Waals surface area contributed by atoms with Crippen molar-refractivity contribution < 1.29 is 19.1 Å². The molecule has 2 heterocycles. The van der Waals surface area contributed by atoms with Crippen molar-refractivity contribution in [2.24, 2.45) is 5.92 Å². The third-order valence-electron chi connectivity index (χ3n) is 7.08. The third kappa shape index (κ3) is 6.02. The summed E-state index contributed by atoms with van der Waals surface area (Å²) in [5, 5.41) is 2.95. The van der Waals surface area contributed by atoms with E-state index in [9.17, 15) is 14.4 Å². The lowest BCUT2D eigenvalue weighted by atomic mass is 9.97. The fraction of sp³-hybridized carbons (Fsp3) is 0.464. The molecule has 186 valence electrons. The predicted octanol–water partition coefficient (Wildman–Crippen LogP) is 3.83. The number of carbonyl (C=O) groups is 3. The van der Waals surface area contributed by atoms with Gasteiger partial charge in [0.05, 0.1) is 5.92 Å². The first-order valence-corrected chi connectivity index (χ1v) is 12.5. The standard InChI is InChI=1S/C28H35N3O4/c1-19-7-9-22(10-8-19)16-29-28(34)23-15-26(32)30(17-23)24-11-13-25(14-12-24)35-18-27(33)31-20(2)5-4-6-21(31)3/h7-14,20-21,23H,4-6,15-18H2,1-3H3,(H,29,34)/t20-,21+,23-/m1/s1. The van der Waals surface area contributed by atoms with E-state index in [4.69, 9.17) is 4.74 Å². The van der Waals surface area contributed by atoms with Gasteiger partial charge in [0.15, 0.2) is 6.61 Å². The lowest BCUT2D eigenvalue weighted by molar-refractivity contribution is -0.139. The molecule has 0 spiro atoms. The highest BCUT2D eigenvalue weighted by Crippen LogP contribution is 2.27. The summed E-state index contributed by atoms with van der Waals surface area (Å²) in [6.45, 7) is 7.00. The smallest absolute Gasteiger partial charge is 0.260 e. The van der Waals surface area contributed by atoms with Gasteiger partial charge in [-0.25, -0.2) is 0 Å². The molecule has 7 heteroatoms. The number of hydrogen-bond donors (Lipinski definition) is 1. The fourth-order valence-corrected chi connectivity index (χ4v) is 5.03. The number of rotatable bonds is 7. The van der Waals surface area contributed by atoms with Crippen LogP contribution in [0.25, 0.3) is 0 Å². The van der Waals surface area contributed by atoms with Gasteiger partial charge in [-0.15, -0.1) is 0 Å². The van der Waals surface area contributed by atoms with Crippen molar-refractivity contribution in [1.29, 1.82) is 0 Å². The third-order valence-corrected chi connectivity index (χ3v) is 7.08. The number of likely N-dealkylation sites (tertiary alicyclic amines) is 1. The minimum Gasteiger partial charge on any atom is -0.484 e. The Morgan fingerprint density at radius 2 is 1.66 bits per heavy atom. The quantitative estimate of drug-likeness (QED) is 0.657. The van der Waals surface area contributed by atoms with Crippen LogP contribution in [0.1, 0.15) is 50.7 Å². The van der Waals surface area contributed by atoms with Crippen LogP contribution in [0.5, 0.6) is 5.75 Å². The van der Waals surface area contributed by atoms with Gasteiger partial charge in [-0.1, -0.05) is 29.8 Å². The van der Waals surface area contributed by atoms with Crippen LogP contribution >= 0.6 is 0 Å². The summed E-state index contributed by atoms with van der Waals surface area (Å²) in [7, 11) is 0. The molecule has 0 saturated carbocycles. The highest BCUT2D eigenvalue weighted by molar-refractivity contribution is 6.00. The van der Waals surface area contributed by atoms with E-state index in [1.807, 2.05) is 36.1 Å². The van der Waals surface area contributed by atoms with E-state index in [0.29, 0.717) is 18.8 Å². The maximum absolute atomic E-state index is 12.7. The number of nitrogens with zero attached hydrogens (tertiary/aromatic N) is 2. The largest absolute Gasteiger partial charge is 0.484 e. The number of benzene rings is 2. The van der Waals surface area contributed by atoms with Crippen LogP contribution < -0.4 is 15.0 Å².